The summed E-state index contributed by atoms with van der Waals surface area (Å²) in [6.07, 6.45) is 0.979. The molecule has 5 nitrogen and oxygen atoms in total. The maximum atomic E-state index is 13.3. The van der Waals surface area contributed by atoms with E-state index in [9.17, 15) is 18.8 Å². The molecule has 0 unspecified atom stereocenters. The van der Waals surface area contributed by atoms with Crippen molar-refractivity contribution in [2.24, 2.45) is 0 Å². The molecule has 0 spiro atoms. The van der Waals surface area contributed by atoms with Crippen molar-refractivity contribution in [3.05, 3.63) is 35.7 Å². The molecule has 0 N–H and O–H groups in total. The van der Waals surface area contributed by atoms with Crippen LogP contribution in [0.3, 0.4) is 0 Å². The highest BCUT2D eigenvalue weighted by Crippen LogP contribution is 2.37. The number of fused-ring (bicyclic) bond motifs is 1. The van der Waals surface area contributed by atoms with E-state index in [2.05, 4.69) is 0 Å². The largest absolute Gasteiger partial charge is 0.463 e. The number of hydrogen-bond acceptors (Lipinski definition) is 4. The molecule has 20 heavy (non-hydrogen) atoms. The lowest BCUT2D eigenvalue weighted by Crippen LogP contribution is -2.31. The Morgan fingerprint density at radius 3 is 2.70 bits per heavy atom. The number of carbonyl (C=O) groups excluding carboxylic acids is 3. The summed E-state index contributed by atoms with van der Waals surface area (Å²) in [4.78, 5) is 36.1. The zero-order valence-corrected chi connectivity index (χ0v) is 11.0. The molecule has 0 fully saturated rings. The van der Waals surface area contributed by atoms with Crippen molar-refractivity contribution in [1.82, 2.24) is 0 Å². The fraction of sp³-hybridized carbons (Fsp3) is 0.214. The normalized spacial score (nSPS) is 15.4. The quantitative estimate of drug-likeness (QED) is 0.609. The molecule has 1 aliphatic heterocycles. The van der Waals surface area contributed by atoms with Crippen molar-refractivity contribution in [3.8, 4) is 0 Å². The smallest absolute Gasteiger partial charge is 0.331 e. The summed E-state index contributed by atoms with van der Waals surface area (Å²) >= 11 is 0. The Kier molecular flexibility index (Phi) is 3.65. The van der Waals surface area contributed by atoms with Crippen molar-refractivity contribution < 1.29 is 23.5 Å². The molecule has 1 aliphatic rings. The van der Waals surface area contributed by atoms with Gasteiger partial charge in [-0.2, -0.15) is 0 Å². The molecule has 2 amide bonds. The summed E-state index contributed by atoms with van der Waals surface area (Å²) in [7, 11) is 0. The first-order chi connectivity index (χ1) is 9.45. The van der Waals surface area contributed by atoms with Crippen LogP contribution in [-0.4, -0.2) is 24.4 Å². The number of imide groups is 1. The van der Waals surface area contributed by atoms with E-state index in [1.165, 1.54) is 13.0 Å². The van der Waals surface area contributed by atoms with Crippen LogP contribution in [0.1, 0.15) is 19.4 Å². The van der Waals surface area contributed by atoms with Crippen LogP contribution in [0.5, 0.6) is 0 Å². The van der Waals surface area contributed by atoms with Gasteiger partial charge in [0, 0.05) is 18.6 Å². The fourth-order valence-electron chi connectivity index (χ4n) is 2.02. The number of esters is 1. The highest BCUT2D eigenvalue weighted by Gasteiger charge is 2.35. The number of carbonyl (C=O) groups is 3. The zero-order valence-electron chi connectivity index (χ0n) is 11.0. The molecule has 1 aromatic rings. The fourth-order valence-corrected chi connectivity index (χ4v) is 2.02. The summed E-state index contributed by atoms with van der Waals surface area (Å²) in [5, 5.41) is 0. The van der Waals surface area contributed by atoms with Crippen molar-refractivity contribution in [2.45, 2.75) is 13.8 Å². The predicted molar refractivity (Wildman–Crippen MR) is 69.2 cm³/mol. The van der Waals surface area contributed by atoms with Gasteiger partial charge in [0.15, 0.2) is 0 Å². The lowest BCUT2D eigenvalue weighted by Gasteiger charge is -2.11. The van der Waals surface area contributed by atoms with Gasteiger partial charge in [-0.1, -0.05) is 0 Å². The van der Waals surface area contributed by atoms with Crippen molar-refractivity contribution in [1.29, 1.82) is 0 Å². The second-order valence-electron chi connectivity index (χ2n) is 4.13. The van der Waals surface area contributed by atoms with E-state index in [4.69, 9.17) is 4.74 Å². The second kappa shape index (κ2) is 5.24. The number of benzene rings is 1. The van der Waals surface area contributed by atoms with Crippen LogP contribution < -0.4 is 4.90 Å². The highest BCUT2D eigenvalue weighted by atomic mass is 19.1. The van der Waals surface area contributed by atoms with Gasteiger partial charge in [-0.05, 0) is 25.1 Å². The minimum absolute atomic E-state index is 0.0480. The van der Waals surface area contributed by atoms with Crippen molar-refractivity contribution in [3.63, 3.8) is 0 Å². The van der Waals surface area contributed by atoms with Gasteiger partial charge in [0.1, 0.15) is 5.82 Å². The summed E-state index contributed by atoms with van der Waals surface area (Å²) < 4.78 is 18.0. The van der Waals surface area contributed by atoms with E-state index in [0.717, 1.165) is 23.1 Å². The molecular formula is C14H12FNO4. The summed E-state index contributed by atoms with van der Waals surface area (Å²) in [5.41, 5.74) is 0.422. The Bertz CT molecular complexity index is 636. The lowest BCUT2D eigenvalue weighted by molar-refractivity contribution is -0.137. The number of rotatable bonds is 2. The Morgan fingerprint density at radius 2 is 2.10 bits per heavy atom. The summed E-state index contributed by atoms with van der Waals surface area (Å²) in [6.45, 7) is 3.00. The topological polar surface area (TPSA) is 63.7 Å². The second-order valence-corrected chi connectivity index (χ2v) is 4.13. The van der Waals surface area contributed by atoms with Crippen LogP contribution in [0.25, 0.3) is 5.57 Å². The molecule has 1 aromatic carbocycles. The third kappa shape index (κ3) is 2.32. The van der Waals surface area contributed by atoms with Crippen LogP contribution in [0.2, 0.25) is 0 Å². The molecule has 0 aliphatic carbocycles. The minimum atomic E-state index is -0.712. The van der Waals surface area contributed by atoms with Crippen molar-refractivity contribution >= 4 is 29.0 Å². The Labute approximate surface area is 114 Å². The third-order valence-corrected chi connectivity index (χ3v) is 2.79. The average Bonchev–Trinajstić information content (AvgIpc) is 2.63. The Morgan fingerprint density at radius 1 is 1.40 bits per heavy atom. The molecule has 0 aromatic heterocycles. The number of ether oxygens (including phenoxy) is 1. The maximum Gasteiger partial charge on any atom is 0.331 e. The van der Waals surface area contributed by atoms with Crippen LogP contribution in [0.4, 0.5) is 10.1 Å². The van der Waals surface area contributed by atoms with Crippen LogP contribution in [0.15, 0.2) is 24.3 Å². The monoisotopic (exact) mass is 277 g/mol. The van der Waals surface area contributed by atoms with E-state index >= 15 is 0 Å². The van der Waals surface area contributed by atoms with E-state index < -0.39 is 23.6 Å². The molecule has 6 heteroatoms. The summed E-state index contributed by atoms with van der Waals surface area (Å²) in [5.74, 6) is -2.44. The SMILES string of the molecule is CCOC(=O)/C=C1/C(=O)N(C(C)=O)c2ccc(F)cc21. The zero-order chi connectivity index (χ0) is 14.9. The Balaban J connectivity index is 2.55. The van der Waals surface area contributed by atoms with Gasteiger partial charge < -0.3 is 4.74 Å². The van der Waals surface area contributed by atoms with Gasteiger partial charge in [-0.15, -0.1) is 0 Å². The molecular weight excluding hydrogens is 265 g/mol. The number of hydrogen-bond donors (Lipinski definition) is 0. The molecule has 0 bridgehead atoms. The maximum absolute atomic E-state index is 13.3. The van der Waals surface area contributed by atoms with E-state index in [1.54, 1.807) is 6.92 Å². The molecule has 104 valence electrons. The molecule has 0 saturated carbocycles. The van der Waals surface area contributed by atoms with Crippen molar-refractivity contribution in [2.75, 3.05) is 11.5 Å². The molecule has 1 heterocycles. The number of amides is 2. The Hall–Kier alpha value is -2.50. The predicted octanol–water partition coefficient (Wildman–Crippen LogP) is 1.67. The van der Waals surface area contributed by atoms with Gasteiger partial charge in [0.25, 0.3) is 5.91 Å². The van der Waals surface area contributed by atoms with Gasteiger partial charge in [-0.25, -0.2) is 14.1 Å². The van der Waals surface area contributed by atoms with Gasteiger partial charge >= 0.3 is 5.97 Å². The molecule has 0 radical (unpaired) electrons. The third-order valence-electron chi connectivity index (χ3n) is 2.79. The van der Waals surface area contributed by atoms with Crippen LogP contribution in [0, 0.1) is 5.82 Å². The van der Waals surface area contributed by atoms with Crippen LogP contribution in [-0.2, 0) is 19.1 Å². The van der Waals surface area contributed by atoms with Gasteiger partial charge in [-0.3, -0.25) is 9.59 Å². The number of anilines is 1. The first-order valence-electron chi connectivity index (χ1n) is 5.99. The first kappa shape index (κ1) is 13.9. The molecule has 0 saturated heterocycles. The summed E-state index contributed by atoms with van der Waals surface area (Å²) in [6, 6.07) is 3.59. The van der Waals surface area contributed by atoms with E-state index in [1.807, 2.05) is 0 Å². The van der Waals surface area contributed by atoms with E-state index in [-0.39, 0.29) is 23.4 Å². The molecule has 0 atom stereocenters. The highest BCUT2D eigenvalue weighted by molar-refractivity contribution is 6.40. The first-order valence-corrected chi connectivity index (χ1v) is 5.99. The van der Waals surface area contributed by atoms with Crippen LogP contribution >= 0.6 is 0 Å². The molecule has 2 rings (SSSR count). The minimum Gasteiger partial charge on any atom is -0.463 e. The van der Waals surface area contributed by atoms with Gasteiger partial charge in [0.2, 0.25) is 5.91 Å². The average molecular weight is 277 g/mol. The number of halogens is 1. The van der Waals surface area contributed by atoms with E-state index in [0.29, 0.717) is 0 Å². The number of nitrogens with zero attached hydrogens (tertiary/aromatic N) is 1. The lowest BCUT2D eigenvalue weighted by atomic mass is 10.1. The standard InChI is InChI=1S/C14H12FNO4/c1-3-20-13(18)7-11-10-6-9(15)4-5-12(10)16(8(2)17)14(11)19/h4-7H,3H2,1-2H3/b11-7+. The van der Waals surface area contributed by atoms with Gasteiger partial charge in [0.05, 0.1) is 17.9 Å².